The molecule has 0 spiro atoms. The van der Waals surface area contributed by atoms with Crippen molar-refractivity contribution in [1.82, 2.24) is 20.3 Å². The molecule has 3 rings (SSSR count). The second-order valence-corrected chi connectivity index (χ2v) is 6.60. The number of thiophene rings is 1. The van der Waals surface area contributed by atoms with Gasteiger partial charge in [0.05, 0.1) is 27.4 Å². The van der Waals surface area contributed by atoms with E-state index in [-0.39, 0.29) is 6.04 Å². The lowest BCUT2D eigenvalue weighted by Crippen LogP contribution is -2.20. The van der Waals surface area contributed by atoms with Gasteiger partial charge in [0.25, 0.3) is 0 Å². The van der Waals surface area contributed by atoms with Crippen molar-refractivity contribution in [2.45, 2.75) is 6.04 Å². The van der Waals surface area contributed by atoms with Gasteiger partial charge >= 0.3 is 0 Å². The van der Waals surface area contributed by atoms with Crippen LogP contribution in [0.25, 0.3) is 5.69 Å². The standard InChI is InChI=1S/C14H13BrN4S/c1-16-14(10-7-13(15)20-9-10)12-8-17-18-19(12)11-5-3-2-4-6-11/h2-9,14,16H,1H3. The van der Waals surface area contributed by atoms with E-state index in [1.807, 2.05) is 42.1 Å². The molecule has 1 N–H and O–H groups in total. The summed E-state index contributed by atoms with van der Waals surface area (Å²) in [6.07, 6.45) is 1.81. The number of nitrogens with zero attached hydrogens (tertiary/aromatic N) is 3. The number of rotatable bonds is 4. The van der Waals surface area contributed by atoms with E-state index in [1.54, 1.807) is 17.5 Å². The first-order chi connectivity index (χ1) is 9.79. The molecule has 4 nitrogen and oxygen atoms in total. The number of halogens is 1. The summed E-state index contributed by atoms with van der Waals surface area (Å²) in [6.45, 7) is 0. The minimum absolute atomic E-state index is 0.0627. The summed E-state index contributed by atoms with van der Waals surface area (Å²) in [7, 11) is 1.94. The predicted octanol–water partition coefficient (Wildman–Crippen LogP) is 3.40. The second kappa shape index (κ2) is 5.87. The minimum Gasteiger partial charge on any atom is -0.308 e. The molecular formula is C14H13BrN4S. The summed E-state index contributed by atoms with van der Waals surface area (Å²) in [5.41, 5.74) is 3.22. The number of hydrogen-bond acceptors (Lipinski definition) is 4. The number of aromatic nitrogens is 3. The number of benzene rings is 1. The van der Waals surface area contributed by atoms with Crippen molar-refractivity contribution in [3.05, 3.63) is 63.0 Å². The normalized spacial score (nSPS) is 12.5. The van der Waals surface area contributed by atoms with E-state index in [4.69, 9.17) is 0 Å². The molecule has 0 aliphatic rings. The molecule has 0 aliphatic heterocycles. The molecule has 0 aliphatic carbocycles. The first kappa shape index (κ1) is 13.5. The average molecular weight is 349 g/mol. The molecule has 0 bridgehead atoms. The van der Waals surface area contributed by atoms with Crippen LogP contribution in [0.5, 0.6) is 0 Å². The van der Waals surface area contributed by atoms with E-state index >= 15 is 0 Å². The molecule has 20 heavy (non-hydrogen) atoms. The summed E-state index contributed by atoms with van der Waals surface area (Å²) in [5, 5.41) is 13.7. The van der Waals surface area contributed by atoms with Gasteiger partial charge in [0.2, 0.25) is 0 Å². The van der Waals surface area contributed by atoms with Gasteiger partial charge in [-0.2, -0.15) is 0 Å². The summed E-state index contributed by atoms with van der Waals surface area (Å²) < 4.78 is 2.98. The molecule has 0 saturated carbocycles. The highest BCUT2D eigenvalue weighted by Gasteiger charge is 2.19. The number of para-hydroxylation sites is 1. The molecule has 2 aromatic heterocycles. The van der Waals surface area contributed by atoms with Crippen LogP contribution in [0.4, 0.5) is 0 Å². The van der Waals surface area contributed by atoms with Crippen molar-refractivity contribution < 1.29 is 0 Å². The molecule has 0 radical (unpaired) electrons. The second-order valence-electron chi connectivity index (χ2n) is 4.31. The van der Waals surface area contributed by atoms with Crippen molar-refractivity contribution in [2.75, 3.05) is 7.05 Å². The van der Waals surface area contributed by atoms with E-state index < -0.39 is 0 Å². The molecule has 1 unspecified atom stereocenters. The Morgan fingerprint density at radius 2 is 2.10 bits per heavy atom. The maximum atomic E-state index is 4.21. The molecule has 0 saturated heterocycles. The largest absolute Gasteiger partial charge is 0.308 e. The van der Waals surface area contributed by atoms with Gasteiger partial charge in [-0.1, -0.05) is 23.4 Å². The van der Waals surface area contributed by atoms with Crippen LogP contribution in [0.3, 0.4) is 0 Å². The van der Waals surface area contributed by atoms with E-state index in [0.717, 1.165) is 15.2 Å². The Balaban J connectivity index is 2.04. The van der Waals surface area contributed by atoms with Crippen LogP contribution in [-0.2, 0) is 0 Å². The van der Waals surface area contributed by atoms with Crippen molar-refractivity contribution in [3.63, 3.8) is 0 Å². The molecule has 0 amide bonds. The van der Waals surface area contributed by atoms with Crippen molar-refractivity contribution in [2.24, 2.45) is 0 Å². The third-order valence-electron chi connectivity index (χ3n) is 3.08. The molecule has 1 atom stereocenters. The van der Waals surface area contributed by atoms with Gasteiger partial charge in [0, 0.05) is 0 Å². The van der Waals surface area contributed by atoms with E-state index in [0.29, 0.717) is 0 Å². The summed E-state index contributed by atoms with van der Waals surface area (Å²) in [4.78, 5) is 0. The van der Waals surface area contributed by atoms with Crippen molar-refractivity contribution in [3.8, 4) is 5.69 Å². The minimum atomic E-state index is 0.0627. The van der Waals surface area contributed by atoms with Crippen LogP contribution in [-0.4, -0.2) is 22.0 Å². The molecule has 102 valence electrons. The quantitative estimate of drug-likeness (QED) is 0.785. The summed E-state index contributed by atoms with van der Waals surface area (Å²) in [5.74, 6) is 0. The maximum Gasteiger partial charge on any atom is 0.0860 e. The molecule has 6 heteroatoms. The third-order valence-corrected chi connectivity index (χ3v) is 4.60. The number of nitrogens with one attached hydrogen (secondary N) is 1. The molecule has 2 heterocycles. The lowest BCUT2D eigenvalue weighted by Gasteiger charge is -2.16. The Hall–Kier alpha value is -1.50. The SMILES string of the molecule is CNC(c1csc(Br)c1)c1cnnn1-c1ccccc1. The first-order valence-corrected chi connectivity index (χ1v) is 7.84. The first-order valence-electron chi connectivity index (χ1n) is 6.17. The van der Waals surface area contributed by atoms with Crippen LogP contribution in [0, 0.1) is 0 Å². The lowest BCUT2D eigenvalue weighted by molar-refractivity contribution is 0.635. The highest BCUT2D eigenvalue weighted by Crippen LogP contribution is 2.29. The Morgan fingerprint density at radius 3 is 2.75 bits per heavy atom. The fourth-order valence-corrected chi connectivity index (χ4v) is 3.37. The smallest absolute Gasteiger partial charge is 0.0860 e. The van der Waals surface area contributed by atoms with Gasteiger partial charge in [0.15, 0.2) is 0 Å². The summed E-state index contributed by atoms with van der Waals surface area (Å²) >= 11 is 5.18. The lowest BCUT2D eigenvalue weighted by atomic mass is 10.1. The fraction of sp³-hybridized carbons (Fsp3) is 0.143. The van der Waals surface area contributed by atoms with Gasteiger partial charge in [-0.15, -0.1) is 16.4 Å². The molecule has 1 aromatic carbocycles. The zero-order valence-electron chi connectivity index (χ0n) is 10.8. The van der Waals surface area contributed by atoms with Crippen molar-refractivity contribution in [1.29, 1.82) is 0 Å². The Kier molecular flexibility index (Phi) is 3.95. The zero-order valence-corrected chi connectivity index (χ0v) is 13.2. The fourth-order valence-electron chi connectivity index (χ4n) is 2.17. The Labute approximate surface area is 129 Å². The molecule has 3 aromatic rings. The van der Waals surface area contributed by atoms with Crippen LogP contribution in [0.1, 0.15) is 17.3 Å². The van der Waals surface area contributed by atoms with Gasteiger partial charge in [-0.25, -0.2) is 4.68 Å². The highest BCUT2D eigenvalue weighted by molar-refractivity contribution is 9.11. The van der Waals surface area contributed by atoms with Crippen LogP contribution in [0.2, 0.25) is 0 Å². The monoisotopic (exact) mass is 348 g/mol. The van der Waals surface area contributed by atoms with E-state index in [2.05, 4.69) is 43.0 Å². The average Bonchev–Trinajstić information content (AvgIpc) is 3.11. The third kappa shape index (κ3) is 2.54. The van der Waals surface area contributed by atoms with E-state index in [1.165, 1.54) is 5.56 Å². The topological polar surface area (TPSA) is 42.7 Å². The maximum absolute atomic E-state index is 4.21. The van der Waals surface area contributed by atoms with Crippen LogP contribution in [0.15, 0.2) is 51.8 Å². The zero-order chi connectivity index (χ0) is 13.9. The van der Waals surface area contributed by atoms with Gasteiger partial charge in [-0.3, -0.25) is 0 Å². The molecular weight excluding hydrogens is 336 g/mol. The van der Waals surface area contributed by atoms with Crippen molar-refractivity contribution >= 4 is 27.3 Å². The van der Waals surface area contributed by atoms with Gasteiger partial charge in [0.1, 0.15) is 0 Å². The van der Waals surface area contributed by atoms with Gasteiger partial charge in [-0.05, 0) is 52.1 Å². The highest BCUT2D eigenvalue weighted by atomic mass is 79.9. The van der Waals surface area contributed by atoms with Crippen LogP contribution < -0.4 is 5.32 Å². The molecule has 0 fully saturated rings. The van der Waals surface area contributed by atoms with E-state index in [9.17, 15) is 0 Å². The number of hydrogen-bond donors (Lipinski definition) is 1. The van der Waals surface area contributed by atoms with Crippen LogP contribution >= 0.6 is 27.3 Å². The predicted molar refractivity (Wildman–Crippen MR) is 84.3 cm³/mol. The summed E-state index contributed by atoms with van der Waals surface area (Å²) in [6, 6.07) is 12.2. The van der Waals surface area contributed by atoms with Gasteiger partial charge < -0.3 is 5.32 Å². The Morgan fingerprint density at radius 1 is 1.30 bits per heavy atom. The Bertz CT molecular complexity index is 692.